The van der Waals surface area contributed by atoms with E-state index in [1.807, 2.05) is 18.3 Å². The Morgan fingerprint density at radius 1 is 1.12 bits per heavy atom. The highest BCUT2D eigenvalue weighted by molar-refractivity contribution is 5.97. The van der Waals surface area contributed by atoms with E-state index >= 15 is 0 Å². The Morgan fingerprint density at radius 2 is 1.97 bits per heavy atom. The molecule has 0 saturated carbocycles. The fourth-order valence-corrected chi connectivity index (χ4v) is 4.79. The molecule has 0 spiro atoms. The smallest absolute Gasteiger partial charge is 0.227 e. The Hall–Kier alpha value is -3.58. The van der Waals surface area contributed by atoms with Crippen molar-refractivity contribution in [2.75, 3.05) is 50.2 Å². The fraction of sp³-hybridized carbons (Fsp3) is 0.333. The summed E-state index contributed by atoms with van der Waals surface area (Å²) in [4.78, 5) is 13.7. The van der Waals surface area contributed by atoms with Gasteiger partial charge in [0.2, 0.25) is 5.95 Å². The average Bonchev–Trinajstić information content (AvgIpc) is 3.20. The van der Waals surface area contributed by atoms with E-state index in [1.54, 1.807) is 0 Å². The van der Waals surface area contributed by atoms with Crippen LogP contribution in [0.1, 0.15) is 17.5 Å². The van der Waals surface area contributed by atoms with Crippen molar-refractivity contribution >= 4 is 33.9 Å². The number of benzene rings is 2. The Kier molecular flexibility index (Phi) is 5.87. The summed E-state index contributed by atoms with van der Waals surface area (Å²) in [7, 11) is 6.23. The summed E-state index contributed by atoms with van der Waals surface area (Å²) in [6, 6.07) is 12.7. The highest BCUT2D eigenvalue weighted by atomic mass is 15.2. The minimum atomic E-state index is 0.570. The van der Waals surface area contributed by atoms with Gasteiger partial charge in [-0.3, -0.25) is 0 Å². The van der Waals surface area contributed by atoms with E-state index in [1.165, 1.54) is 22.9 Å². The summed E-state index contributed by atoms with van der Waals surface area (Å²) < 4.78 is 2.37. The quantitative estimate of drug-likeness (QED) is 0.394. The van der Waals surface area contributed by atoms with Crippen molar-refractivity contribution < 1.29 is 0 Å². The monoisotopic (exact) mass is 455 g/mol. The average molecular weight is 456 g/mol. The van der Waals surface area contributed by atoms with Gasteiger partial charge in [-0.25, -0.2) is 9.97 Å². The zero-order chi connectivity index (χ0) is 23.8. The normalized spacial score (nSPS) is 13.0. The zero-order valence-corrected chi connectivity index (χ0v) is 20.5. The SMILES string of the molecule is Cc1cc(N(C)CCN(C)C)c(N)cc1Nc1nccc(-c2cn3c4c(cccc24)CCC3)n1. The third kappa shape index (κ3) is 4.19. The first kappa shape index (κ1) is 22.2. The number of rotatable bonds is 7. The maximum Gasteiger partial charge on any atom is 0.227 e. The number of aromatic nitrogens is 3. The molecule has 0 amide bonds. The summed E-state index contributed by atoms with van der Waals surface area (Å²) in [5, 5.41) is 4.65. The molecule has 0 unspecified atom stereocenters. The van der Waals surface area contributed by atoms with Crippen LogP contribution < -0.4 is 16.0 Å². The molecule has 34 heavy (non-hydrogen) atoms. The van der Waals surface area contributed by atoms with Gasteiger partial charge in [0.15, 0.2) is 0 Å². The van der Waals surface area contributed by atoms with E-state index in [-0.39, 0.29) is 0 Å². The first-order chi connectivity index (χ1) is 16.4. The van der Waals surface area contributed by atoms with Crippen LogP contribution in [0.25, 0.3) is 22.2 Å². The maximum absolute atomic E-state index is 6.43. The number of nitrogens with one attached hydrogen (secondary N) is 1. The molecule has 0 aliphatic carbocycles. The second-order valence-electron chi connectivity index (χ2n) is 9.49. The van der Waals surface area contributed by atoms with Crippen molar-refractivity contribution in [3.05, 3.63) is 59.9 Å². The van der Waals surface area contributed by atoms with Gasteiger partial charge in [-0.05, 0) is 63.2 Å². The second kappa shape index (κ2) is 8.99. The first-order valence-corrected chi connectivity index (χ1v) is 11.9. The van der Waals surface area contributed by atoms with Gasteiger partial charge in [0.05, 0.1) is 22.6 Å². The summed E-state index contributed by atoms with van der Waals surface area (Å²) in [6.07, 6.45) is 6.37. The number of anilines is 4. The van der Waals surface area contributed by atoms with Crippen molar-refractivity contribution in [1.29, 1.82) is 0 Å². The number of nitrogens with two attached hydrogens (primary N) is 1. The standard InChI is InChI=1S/C27H33N7/c1-18-15-25(33(4)14-13-32(2)3)22(28)16-24(18)31-27-29-11-10-23(30-27)21-17-34-12-6-8-19-7-5-9-20(21)26(19)34/h5,7,9-11,15-17H,6,8,12-14,28H2,1-4H3,(H,29,30,31). The molecule has 176 valence electrons. The molecule has 3 N–H and O–H groups in total. The van der Waals surface area contributed by atoms with Crippen molar-refractivity contribution in [3.8, 4) is 11.3 Å². The molecular formula is C27H33N7. The van der Waals surface area contributed by atoms with E-state index < -0.39 is 0 Å². The van der Waals surface area contributed by atoms with Crippen LogP contribution in [-0.2, 0) is 13.0 Å². The maximum atomic E-state index is 6.43. The lowest BCUT2D eigenvalue weighted by atomic mass is 10.0. The number of nitrogens with zero attached hydrogens (tertiary/aromatic N) is 5. The molecule has 2 aromatic carbocycles. The molecule has 0 atom stereocenters. The number of hydrogen-bond acceptors (Lipinski definition) is 6. The predicted octanol–water partition coefficient (Wildman–Crippen LogP) is 4.68. The van der Waals surface area contributed by atoms with Gasteiger partial charge in [0.25, 0.3) is 0 Å². The number of hydrogen-bond donors (Lipinski definition) is 2. The summed E-state index contributed by atoms with van der Waals surface area (Å²) in [5.41, 5.74) is 15.1. The van der Waals surface area contributed by atoms with Crippen molar-refractivity contribution in [2.24, 2.45) is 0 Å². The third-order valence-corrected chi connectivity index (χ3v) is 6.67. The molecule has 7 heteroatoms. The van der Waals surface area contributed by atoms with E-state index in [9.17, 15) is 0 Å². The third-order valence-electron chi connectivity index (χ3n) is 6.67. The largest absolute Gasteiger partial charge is 0.397 e. The van der Waals surface area contributed by atoms with Crippen molar-refractivity contribution in [1.82, 2.24) is 19.4 Å². The molecule has 1 aliphatic heterocycles. The second-order valence-corrected chi connectivity index (χ2v) is 9.49. The minimum absolute atomic E-state index is 0.570. The Balaban J connectivity index is 1.43. The van der Waals surface area contributed by atoms with Crippen LogP contribution in [0.15, 0.2) is 48.8 Å². The van der Waals surface area contributed by atoms with Gasteiger partial charge in [0, 0.05) is 55.7 Å². The summed E-state index contributed by atoms with van der Waals surface area (Å²) in [6.45, 7) is 5.01. The highest BCUT2D eigenvalue weighted by Crippen LogP contribution is 2.35. The number of aryl methyl sites for hydroxylation is 3. The van der Waals surface area contributed by atoms with Crippen molar-refractivity contribution in [2.45, 2.75) is 26.3 Å². The zero-order valence-electron chi connectivity index (χ0n) is 20.5. The minimum Gasteiger partial charge on any atom is -0.397 e. The Bertz CT molecular complexity index is 1340. The molecule has 7 nitrogen and oxygen atoms in total. The van der Waals surface area contributed by atoms with E-state index in [0.717, 1.165) is 59.9 Å². The van der Waals surface area contributed by atoms with Crippen LogP contribution in [-0.4, -0.2) is 53.7 Å². The van der Waals surface area contributed by atoms with E-state index in [0.29, 0.717) is 5.95 Å². The van der Waals surface area contributed by atoms with Crippen LogP contribution >= 0.6 is 0 Å². The van der Waals surface area contributed by atoms with Gasteiger partial charge in [0.1, 0.15) is 0 Å². The molecule has 0 fully saturated rings. The van der Waals surface area contributed by atoms with Crippen LogP contribution in [0.3, 0.4) is 0 Å². The van der Waals surface area contributed by atoms with Crippen molar-refractivity contribution in [3.63, 3.8) is 0 Å². The topological polar surface area (TPSA) is 75.2 Å². The van der Waals surface area contributed by atoms with Gasteiger partial charge < -0.3 is 25.4 Å². The molecule has 1 aliphatic rings. The molecule has 4 aromatic rings. The number of nitrogen functional groups attached to an aromatic ring is 1. The number of para-hydroxylation sites is 1. The molecule has 2 aromatic heterocycles. The lowest BCUT2D eigenvalue weighted by molar-refractivity contribution is 0.416. The Labute approximate surface area is 201 Å². The highest BCUT2D eigenvalue weighted by Gasteiger charge is 2.18. The molecular weight excluding hydrogens is 422 g/mol. The molecule has 3 heterocycles. The Morgan fingerprint density at radius 3 is 2.79 bits per heavy atom. The van der Waals surface area contributed by atoms with Gasteiger partial charge >= 0.3 is 0 Å². The summed E-state index contributed by atoms with van der Waals surface area (Å²) >= 11 is 0. The van der Waals surface area contributed by atoms with Gasteiger partial charge in [-0.1, -0.05) is 18.2 Å². The van der Waals surface area contributed by atoms with Crippen LogP contribution in [0.5, 0.6) is 0 Å². The lowest BCUT2D eigenvalue weighted by Crippen LogP contribution is -2.29. The van der Waals surface area contributed by atoms with Gasteiger partial charge in [-0.2, -0.15) is 0 Å². The fourth-order valence-electron chi connectivity index (χ4n) is 4.79. The van der Waals surface area contributed by atoms with E-state index in [2.05, 4.69) is 83.2 Å². The van der Waals surface area contributed by atoms with Crippen LogP contribution in [0.4, 0.5) is 23.0 Å². The van der Waals surface area contributed by atoms with Crippen LogP contribution in [0.2, 0.25) is 0 Å². The van der Waals surface area contributed by atoms with Gasteiger partial charge in [-0.15, -0.1) is 0 Å². The summed E-state index contributed by atoms with van der Waals surface area (Å²) in [5.74, 6) is 0.570. The predicted molar refractivity (Wildman–Crippen MR) is 142 cm³/mol. The lowest BCUT2D eigenvalue weighted by Gasteiger charge is -2.24. The molecule has 0 bridgehead atoms. The molecule has 0 radical (unpaired) electrons. The molecule has 5 rings (SSSR count). The van der Waals surface area contributed by atoms with Crippen LogP contribution in [0, 0.1) is 6.92 Å². The first-order valence-electron chi connectivity index (χ1n) is 11.9. The molecule has 0 saturated heterocycles. The van der Waals surface area contributed by atoms with E-state index in [4.69, 9.17) is 10.7 Å². The number of likely N-dealkylation sites (N-methyl/N-ethyl adjacent to an activating group) is 2.